The van der Waals surface area contributed by atoms with E-state index in [1.54, 1.807) is 23.1 Å². The Balaban J connectivity index is 1.42. The average Bonchev–Trinajstić information content (AvgIpc) is 3.42. The quantitative estimate of drug-likeness (QED) is 0.378. The fraction of sp³-hybridized carbons (Fsp3) is 0.368. The Morgan fingerprint density at radius 3 is 3.04 bits per heavy atom. The van der Waals surface area contributed by atoms with E-state index in [-0.39, 0.29) is 6.10 Å². The average molecular weight is 422 g/mol. The first-order chi connectivity index (χ1) is 13.3. The maximum Gasteiger partial charge on any atom is 0.191 e. The monoisotopic (exact) mass is 421 g/mol. The van der Waals surface area contributed by atoms with Crippen molar-refractivity contribution in [2.24, 2.45) is 0 Å². The lowest BCUT2D eigenvalue weighted by Crippen LogP contribution is -2.16. The van der Waals surface area contributed by atoms with Crippen molar-refractivity contribution in [1.29, 1.82) is 0 Å². The van der Waals surface area contributed by atoms with Crippen LogP contribution in [0.1, 0.15) is 12.8 Å². The van der Waals surface area contributed by atoms with Gasteiger partial charge in [0.15, 0.2) is 11.0 Å². The van der Waals surface area contributed by atoms with Crippen molar-refractivity contribution in [2.45, 2.75) is 30.6 Å². The zero-order valence-electron chi connectivity index (χ0n) is 14.7. The summed E-state index contributed by atoms with van der Waals surface area (Å²) in [7, 11) is 0. The van der Waals surface area contributed by atoms with E-state index in [2.05, 4.69) is 26.2 Å². The molecule has 1 unspecified atom stereocenters. The lowest BCUT2D eigenvalue weighted by molar-refractivity contribution is 0.0953. The molecular formula is C19H20ClN3O2S2. The third-order valence-corrected chi connectivity index (χ3v) is 6.28. The number of thioether (sulfide) groups is 1. The first-order valence-corrected chi connectivity index (χ1v) is 11.1. The summed E-state index contributed by atoms with van der Waals surface area (Å²) in [4.78, 5) is 1.13. The summed E-state index contributed by atoms with van der Waals surface area (Å²) < 4.78 is 13.8. The highest BCUT2D eigenvalue weighted by atomic mass is 35.5. The van der Waals surface area contributed by atoms with Crippen LogP contribution in [0.4, 0.5) is 0 Å². The molecule has 0 bridgehead atoms. The fourth-order valence-electron chi connectivity index (χ4n) is 2.99. The second-order valence-corrected chi connectivity index (χ2v) is 8.63. The molecule has 142 valence electrons. The summed E-state index contributed by atoms with van der Waals surface area (Å²) in [6.45, 7) is 2.21. The number of hydrogen-bond acceptors (Lipinski definition) is 6. The molecule has 27 heavy (non-hydrogen) atoms. The molecule has 3 heterocycles. The molecular weight excluding hydrogens is 402 g/mol. The summed E-state index contributed by atoms with van der Waals surface area (Å²) in [6.07, 6.45) is 2.45. The summed E-state index contributed by atoms with van der Waals surface area (Å²) in [6, 6.07) is 11.6. The van der Waals surface area contributed by atoms with Gasteiger partial charge in [0.05, 0.1) is 24.1 Å². The van der Waals surface area contributed by atoms with Crippen molar-refractivity contribution in [3.05, 3.63) is 46.8 Å². The Morgan fingerprint density at radius 2 is 2.26 bits per heavy atom. The van der Waals surface area contributed by atoms with Crippen LogP contribution in [0, 0.1) is 0 Å². The Hall–Kier alpha value is -1.54. The molecule has 4 rings (SSSR count). The lowest BCUT2D eigenvalue weighted by atomic mass is 10.2. The van der Waals surface area contributed by atoms with Crippen molar-refractivity contribution in [2.75, 3.05) is 19.0 Å². The van der Waals surface area contributed by atoms with Crippen LogP contribution in [0.3, 0.4) is 0 Å². The SMILES string of the molecule is Clc1cccc(OCCSc2nnc(-c3cccs3)n2CC2CCCO2)c1. The summed E-state index contributed by atoms with van der Waals surface area (Å²) >= 11 is 9.32. The van der Waals surface area contributed by atoms with Gasteiger partial charge in [-0.2, -0.15) is 0 Å². The van der Waals surface area contributed by atoms with Crippen LogP contribution in [0.5, 0.6) is 5.75 Å². The topological polar surface area (TPSA) is 49.2 Å². The van der Waals surface area contributed by atoms with Crippen molar-refractivity contribution < 1.29 is 9.47 Å². The van der Waals surface area contributed by atoms with Gasteiger partial charge in [0, 0.05) is 17.4 Å². The van der Waals surface area contributed by atoms with Gasteiger partial charge in [0.2, 0.25) is 0 Å². The first-order valence-electron chi connectivity index (χ1n) is 8.89. The van der Waals surface area contributed by atoms with E-state index in [1.807, 2.05) is 30.3 Å². The third-order valence-electron chi connectivity index (χ3n) is 4.25. The van der Waals surface area contributed by atoms with Crippen molar-refractivity contribution in [3.63, 3.8) is 0 Å². The third kappa shape index (κ3) is 4.85. The van der Waals surface area contributed by atoms with Gasteiger partial charge < -0.3 is 9.47 Å². The van der Waals surface area contributed by atoms with E-state index < -0.39 is 0 Å². The predicted molar refractivity (Wildman–Crippen MR) is 110 cm³/mol. The number of ether oxygens (including phenoxy) is 2. The number of hydrogen-bond donors (Lipinski definition) is 0. The summed E-state index contributed by atoms with van der Waals surface area (Å²) in [5.41, 5.74) is 0. The lowest BCUT2D eigenvalue weighted by Gasteiger charge is -2.14. The Kier molecular flexibility index (Phi) is 6.34. The maximum atomic E-state index is 5.99. The van der Waals surface area contributed by atoms with Crippen LogP contribution in [0.25, 0.3) is 10.7 Å². The van der Waals surface area contributed by atoms with Crippen LogP contribution >= 0.6 is 34.7 Å². The zero-order valence-corrected chi connectivity index (χ0v) is 17.1. The van der Waals surface area contributed by atoms with Gasteiger partial charge in [-0.25, -0.2) is 0 Å². The van der Waals surface area contributed by atoms with E-state index in [1.165, 1.54) is 0 Å². The van der Waals surface area contributed by atoms with Gasteiger partial charge in [-0.15, -0.1) is 21.5 Å². The molecule has 5 nitrogen and oxygen atoms in total. The fourth-order valence-corrected chi connectivity index (χ4v) is 4.65. The minimum Gasteiger partial charge on any atom is -0.493 e. The molecule has 1 saturated heterocycles. The molecule has 0 saturated carbocycles. The minimum absolute atomic E-state index is 0.238. The number of aromatic nitrogens is 3. The Bertz CT molecular complexity index is 864. The van der Waals surface area contributed by atoms with E-state index in [9.17, 15) is 0 Å². The molecule has 0 aliphatic carbocycles. The largest absolute Gasteiger partial charge is 0.493 e. The van der Waals surface area contributed by atoms with Gasteiger partial charge >= 0.3 is 0 Å². The van der Waals surface area contributed by atoms with Crippen molar-refractivity contribution in [3.8, 4) is 16.5 Å². The van der Waals surface area contributed by atoms with Crippen molar-refractivity contribution in [1.82, 2.24) is 14.8 Å². The van der Waals surface area contributed by atoms with E-state index in [0.717, 1.165) is 53.4 Å². The number of benzene rings is 1. The van der Waals surface area contributed by atoms with E-state index in [4.69, 9.17) is 21.1 Å². The van der Waals surface area contributed by atoms with Crippen LogP contribution < -0.4 is 4.74 Å². The van der Waals surface area contributed by atoms with Crippen LogP contribution in [0.2, 0.25) is 5.02 Å². The maximum absolute atomic E-state index is 5.99. The smallest absolute Gasteiger partial charge is 0.191 e. The number of thiophene rings is 1. The summed E-state index contributed by atoms with van der Waals surface area (Å²) in [5.74, 6) is 2.47. The standard InChI is InChI=1S/C19H20ClN3O2S2/c20-14-4-1-5-15(12-14)25-9-11-27-19-22-21-18(17-7-3-10-26-17)23(19)13-16-6-2-8-24-16/h1,3-5,7,10,12,16H,2,6,8-9,11,13H2. The molecule has 0 spiro atoms. The minimum atomic E-state index is 0.238. The molecule has 1 fully saturated rings. The predicted octanol–water partition coefficient (Wildman–Crippen LogP) is 5.01. The van der Waals surface area contributed by atoms with E-state index >= 15 is 0 Å². The molecule has 2 aromatic heterocycles. The van der Waals surface area contributed by atoms with Gasteiger partial charge in [0.25, 0.3) is 0 Å². The molecule has 3 aromatic rings. The normalized spacial score (nSPS) is 16.7. The number of nitrogens with zero attached hydrogens (tertiary/aromatic N) is 3. The van der Waals surface area contributed by atoms with Crippen LogP contribution in [0.15, 0.2) is 46.9 Å². The molecule has 0 amide bonds. The zero-order chi connectivity index (χ0) is 18.5. The number of halogens is 1. The Morgan fingerprint density at radius 1 is 1.30 bits per heavy atom. The highest BCUT2D eigenvalue weighted by Crippen LogP contribution is 2.29. The van der Waals surface area contributed by atoms with Crippen LogP contribution in [-0.2, 0) is 11.3 Å². The van der Waals surface area contributed by atoms with Crippen molar-refractivity contribution >= 4 is 34.7 Å². The molecule has 0 N–H and O–H groups in total. The van der Waals surface area contributed by atoms with Crippen LogP contribution in [-0.4, -0.2) is 39.8 Å². The molecule has 1 aliphatic heterocycles. The molecule has 0 radical (unpaired) electrons. The van der Waals surface area contributed by atoms with Gasteiger partial charge in [-0.05, 0) is 42.5 Å². The molecule has 1 aliphatic rings. The van der Waals surface area contributed by atoms with Gasteiger partial charge in [0.1, 0.15) is 5.75 Å². The Labute approximate surface area is 171 Å². The highest BCUT2D eigenvalue weighted by Gasteiger charge is 2.22. The first kappa shape index (κ1) is 18.8. The molecule has 1 atom stereocenters. The highest BCUT2D eigenvalue weighted by molar-refractivity contribution is 7.99. The van der Waals surface area contributed by atoms with E-state index in [0.29, 0.717) is 11.6 Å². The van der Waals surface area contributed by atoms with Gasteiger partial charge in [-0.1, -0.05) is 35.5 Å². The second-order valence-electron chi connectivity index (χ2n) is 6.18. The van der Waals surface area contributed by atoms with Gasteiger partial charge in [-0.3, -0.25) is 4.57 Å². The molecule has 1 aromatic carbocycles. The second kappa shape index (κ2) is 9.10. The molecule has 8 heteroatoms. The summed E-state index contributed by atoms with van der Waals surface area (Å²) in [5, 5.41) is 12.5. The number of rotatable bonds is 8.